The van der Waals surface area contributed by atoms with Crippen molar-refractivity contribution in [3.05, 3.63) is 0 Å². The molecule has 1 N–H and O–H groups in total. The standard InChI is InChI=1S/C9H16O2/c1-7(10)9-4-2-3-8(9)11-6-5-9/h7-8,10H,2-6H2,1H3/t7-,8-,9?/m1/s1. The van der Waals surface area contributed by atoms with E-state index in [0.29, 0.717) is 6.10 Å². The Labute approximate surface area is 67.6 Å². The molecule has 0 bridgehead atoms. The molecule has 1 aliphatic carbocycles. The fourth-order valence-corrected chi connectivity index (χ4v) is 2.68. The maximum Gasteiger partial charge on any atom is 0.0656 e. The van der Waals surface area contributed by atoms with Gasteiger partial charge in [-0.25, -0.2) is 0 Å². The van der Waals surface area contributed by atoms with E-state index in [-0.39, 0.29) is 11.5 Å². The highest BCUT2D eigenvalue weighted by molar-refractivity contribution is 4.99. The van der Waals surface area contributed by atoms with Crippen molar-refractivity contribution in [3.63, 3.8) is 0 Å². The monoisotopic (exact) mass is 156 g/mol. The van der Waals surface area contributed by atoms with Crippen LogP contribution in [0.25, 0.3) is 0 Å². The lowest BCUT2D eigenvalue weighted by Gasteiger charge is -2.30. The summed E-state index contributed by atoms with van der Waals surface area (Å²) >= 11 is 0. The van der Waals surface area contributed by atoms with E-state index in [0.717, 1.165) is 25.9 Å². The Morgan fingerprint density at radius 2 is 2.36 bits per heavy atom. The molecule has 1 saturated heterocycles. The Bertz CT molecular complexity index is 144. The predicted octanol–water partition coefficient (Wildman–Crippen LogP) is 1.33. The highest BCUT2D eigenvalue weighted by atomic mass is 16.5. The maximum absolute atomic E-state index is 9.63. The van der Waals surface area contributed by atoms with Gasteiger partial charge >= 0.3 is 0 Å². The van der Waals surface area contributed by atoms with Gasteiger partial charge in [0, 0.05) is 12.0 Å². The minimum absolute atomic E-state index is 0.139. The molecular weight excluding hydrogens is 140 g/mol. The van der Waals surface area contributed by atoms with Gasteiger partial charge in [0.2, 0.25) is 0 Å². The van der Waals surface area contributed by atoms with Gasteiger partial charge in [-0.05, 0) is 26.2 Å². The Kier molecular flexibility index (Phi) is 1.69. The van der Waals surface area contributed by atoms with Gasteiger partial charge in [0.05, 0.1) is 12.2 Å². The smallest absolute Gasteiger partial charge is 0.0656 e. The number of aliphatic hydroxyl groups is 1. The van der Waals surface area contributed by atoms with Crippen molar-refractivity contribution < 1.29 is 9.84 Å². The summed E-state index contributed by atoms with van der Waals surface area (Å²) in [5.74, 6) is 0. The van der Waals surface area contributed by atoms with Crippen molar-refractivity contribution in [2.45, 2.75) is 44.8 Å². The van der Waals surface area contributed by atoms with E-state index < -0.39 is 0 Å². The zero-order valence-electron chi connectivity index (χ0n) is 7.05. The lowest BCUT2D eigenvalue weighted by Crippen LogP contribution is -2.36. The average Bonchev–Trinajstić information content (AvgIpc) is 2.40. The molecule has 2 heteroatoms. The molecule has 0 aromatic rings. The average molecular weight is 156 g/mol. The molecule has 1 unspecified atom stereocenters. The second kappa shape index (κ2) is 2.46. The van der Waals surface area contributed by atoms with Gasteiger partial charge < -0.3 is 9.84 Å². The summed E-state index contributed by atoms with van der Waals surface area (Å²) in [7, 11) is 0. The molecule has 1 heterocycles. The highest BCUT2D eigenvalue weighted by Crippen LogP contribution is 2.49. The molecule has 1 aliphatic heterocycles. The fourth-order valence-electron chi connectivity index (χ4n) is 2.68. The van der Waals surface area contributed by atoms with Crippen molar-refractivity contribution in [3.8, 4) is 0 Å². The molecule has 0 radical (unpaired) electrons. The van der Waals surface area contributed by atoms with Gasteiger partial charge in [0.1, 0.15) is 0 Å². The SMILES string of the molecule is C[C@@H](O)C12CCC[C@H]1OCC2. The molecule has 3 atom stereocenters. The number of ether oxygens (including phenoxy) is 1. The van der Waals surface area contributed by atoms with Crippen molar-refractivity contribution in [1.29, 1.82) is 0 Å². The third-order valence-corrected chi connectivity index (χ3v) is 3.47. The molecule has 0 spiro atoms. The van der Waals surface area contributed by atoms with Gasteiger partial charge in [0.15, 0.2) is 0 Å². The molecular formula is C9H16O2. The Hall–Kier alpha value is -0.0800. The topological polar surface area (TPSA) is 29.5 Å². The van der Waals surface area contributed by atoms with Gasteiger partial charge in [-0.1, -0.05) is 6.42 Å². The number of aliphatic hydroxyl groups excluding tert-OH is 1. The van der Waals surface area contributed by atoms with Crippen LogP contribution in [-0.2, 0) is 4.74 Å². The van der Waals surface area contributed by atoms with E-state index in [9.17, 15) is 5.11 Å². The first-order valence-electron chi connectivity index (χ1n) is 4.55. The fraction of sp³-hybridized carbons (Fsp3) is 1.00. The number of rotatable bonds is 1. The summed E-state index contributed by atoms with van der Waals surface area (Å²) in [6.45, 7) is 2.77. The number of hydrogen-bond acceptors (Lipinski definition) is 2. The van der Waals surface area contributed by atoms with Crippen molar-refractivity contribution in [2.75, 3.05) is 6.61 Å². The molecule has 64 valence electrons. The Morgan fingerprint density at radius 3 is 3.00 bits per heavy atom. The first-order valence-corrected chi connectivity index (χ1v) is 4.55. The van der Waals surface area contributed by atoms with Crippen LogP contribution in [0.1, 0.15) is 32.6 Å². The van der Waals surface area contributed by atoms with Crippen LogP contribution < -0.4 is 0 Å². The summed E-state index contributed by atoms with van der Waals surface area (Å²) in [4.78, 5) is 0. The van der Waals surface area contributed by atoms with Crippen LogP contribution in [-0.4, -0.2) is 23.9 Å². The van der Waals surface area contributed by atoms with E-state index >= 15 is 0 Å². The molecule has 0 aromatic heterocycles. The lowest BCUT2D eigenvalue weighted by atomic mass is 9.78. The Morgan fingerprint density at radius 1 is 1.55 bits per heavy atom. The zero-order valence-corrected chi connectivity index (χ0v) is 7.05. The molecule has 0 aromatic carbocycles. The van der Waals surface area contributed by atoms with Gasteiger partial charge in [-0.15, -0.1) is 0 Å². The van der Waals surface area contributed by atoms with Crippen molar-refractivity contribution >= 4 is 0 Å². The normalized spacial score (nSPS) is 45.8. The summed E-state index contributed by atoms with van der Waals surface area (Å²) in [5, 5.41) is 9.63. The van der Waals surface area contributed by atoms with Crippen LogP contribution >= 0.6 is 0 Å². The summed E-state index contributed by atoms with van der Waals surface area (Å²) in [5.41, 5.74) is 0.139. The molecule has 1 saturated carbocycles. The summed E-state index contributed by atoms with van der Waals surface area (Å²) < 4.78 is 5.58. The predicted molar refractivity (Wildman–Crippen MR) is 42.3 cm³/mol. The van der Waals surface area contributed by atoms with Crippen molar-refractivity contribution in [2.24, 2.45) is 5.41 Å². The molecule has 2 rings (SSSR count). The van der Waals surface area contributed by atoms with E-state index in [1.165, 1.54) is 6.42 Å². The summed E-state index contributed by atoms with van der Waals surface area (Å²) in [6, 6.07) is 0. The maximum atomic E-state index is 9.63. The molecule has 2 nitrogen and oxygen atoms in total. The molecule has 2 fully saturated rings. The zero-order chi connectivity index (χ0) is 7.90. The van der Waals surface area contributed by atoms with Gasteiger partial charge in [0.25, 0.3) is 0 Å². The van der Waals surface area contributed by atoms with Crippen LogP contribution in [0.2, 0.25) is 0 Å². The minimum Gasteiger partial charge on any atom is -0.393 e. The van der Waals surface area contributed by atoms with Crippen LogP contribution in [0, 0.1) is 5.41 Å². The van der Waals surface area contributed by atoms with E-state index in [2.05, 4.69) is 0 Å². The number of fused-ring (bicyclic) bond motifs is 1. The second-order valence-corrected chi connectivity index (χ2v) is 3.91. The van der Waals surface area contributed by atoms with Crippen LogP contribution in [0.5, 0.6) is 0 Å². The summed E-state index contributed by atoms with van der Waals surface area (Å²) in [6.07, 6.45) is 4.80. The first-order chi connectivity index (χ1) is 5.26. The quantitative estimate of drug-likeness (QED) is 0.620. The molecule has 11 heavy (non-hydrogen) atoms. The molecule has 2 aliphatic rings. The first kappa shape index (κ1) is 7.56. The van der Waals surface area contributed by atoms with Crippen LogP contribution in [0.3, 0.4) is 0 Å². The molecule has 0 amide bonds. The second-order valence-electron chi connectivity index (χ2n) is 3.91. The van der Waals surface area contributed by atoms with Crippen molar-refractivity contribution in [1.82, 2.24) is 0 Å². The Balaban J connectivity index is 2.20. The minimum atomic E-state index is -0.183. The van der Waals surface area contributed by atoms with E-state index in [1.807, 2.05) is 6.92 Å². The van der Waals surface area contributed by atoms with E-state index in [4.69, 9.17) is 4.74 Å². The largest absolute Gasteiger partial charge is 0.393 e. The van der Waals surface area contributed by atoms with E-state index in [1.54, 1.807) is 0 Å². The van der Waals surface area contributed by atoms with Gasteiger partial charge in [-0.2, -0.15) is 0 Å². The number of hydrogen-bond donors (Lipinski definition) is 1. The lowest BCUT2D eigenvalue weighted by molar-refractivity contribution is -0.00788. The van der Waals surface area contributed by atoms with Gasteiger partial charge in [-0.3, -0.25) is 0 Å². The van der Waals surface area contributed by atoms with Crippen LogP contribution in [0.4, 0.5) is 0 Å². The van der Waals surface area contributed by atoms with Crippen LogP contribution in [0.15, 0.2) is 0 Å². The third kappa shape index (κ3) is 0.926. The third-order valence-electron chi connectivity index (χ3n) is 3.47. The highest BCUT2D eigenvalue weighted by Gasteiger charge is 2.50.